The maximum Gasteiger partial charge on any atom is 0.0205 e. The van der Waals surface area contributed by atoms with Gasteiger partial charge in [0.05, 0.1) is 0 Å². The zero-order valence-electron chi connectivity index (χ0n) is 14.1. The lowest BCUT2D eigenvalue weighted by atomic mass is 10.2. The van der Waals surface area contributed by atoms with Crippen molar-refractivity contribution in [2.75, 3.05) is 6.54 Å². The SMILES string of the molecule is CC.CCCNCc1ccccc1.CCc1ccccc1. The minimum Gasteiger partial charge on any atom is -0.313 e. The number of benzene rings is 2. The molecular formula is C20H31N. The molecule has 0 saturated carbocycles. The van der Waals surface area contributed by atoms with Gasteiger partial charge in [-0.25, -0.2) is 0 Å². The van der Waals surface area contributed by atoms with Crippen molar-refractivity contribution in [1.29, 1.82) is 0 Å². The predicted octanol–water partition coefficient (Wildman–Crippen LogP) is 5.46. The molecular weight excluding hydrogens is 254 g/mol. The standard InChI is InChI=1S/C10H15N.C8H10.C2H6/c1-2-8-11-9-10-6-4-3-5-7-10;1-2-8-6-4-3-5-7-8;1-2/h3-7,11H,2,8-9H2,1H3;3-7H,2H2,1H3;1-2H3. The van der Waals surface area contributed by atoms with Gasteiger partial charge in [0.1, 0.15) is 0 Å². The lowest BCUT2D eigenvalue weighted by Gasteiger charge is -2.01. The highest BCUT2D eigenvalue weighted by atomic mass is 14.8. The first kappa shape index (κ1) is 19.4. The summed E-state index contributed by atoms with van der Waals surface area (Å²) in [6.45, 7) is 10.4. The van der Waals surface area contributed by atoms with E-state index < -0.39 is 0 Å². The molecule has 0 saturated heterocycles. The van der Waals surface area contributed by atoms with Crippen molar-refractivity contribution in [3.63, 3.8) is 0 Å². The number of aryl methyl sites for hydroxylation is 1. The van der Waals surface area contributed by atoms with Crippen LogP contribution in [0.25, 0.3) is 0 Å². The molecule has 0 heterocycles. The monoisotopic (exact) mass is 285 g/mol. The molecule has 0 aliphatic heterocycles. The first-order chi connectivity index (χ1) is 10.4. The Bertz CT molecular complexity index is 408. The summed E-state index contributed by atoms with van der Waals surface area (Å²) >= 11 is 0. The van der Waals surface area contributed by atoms with Gasteiger partial charge in [-0.3, -0.25) is 0 Å². The second-order valence-electron chi connectivity index (χ2n) is 4.50. The van der Waals surface area contributed by atoms with E-state index in [9.17, 15) is 0 Å². The highest BCUT2D eigenvalue weighted by Gasteiger charge is 1.87. The Hall–Kier alpha value is -1.60. The number of rotatable bonds is 5. The molecule has 2 aromatic carbocycles. The number of hydrogen-bond donors (Lipinski definition) is 1. The zero-order valence-corrected chi connectivity index (χ0v) is 14.1. The van der Waals surface area contributed by atoms with E-state index in [1.807, 2.05) is 26.0 Å². The third-order valence-electron chi connectivity index (χ3n) is 2.85. The molecule has 0 bridgehead atoms. The van der Waals surface area contributed by atoms with E-state index in [1.165, 1.54) is 17.5 Å². The molecule has 0 aliphatic rings. The van der Waals surface area contributed by atoms with Crippen molar-refractivity contribution >= 4 is 0 Å². The molecule has 0 spiro atoms. The Labute approximate surface area is 131 Å². The summed E-state index contributed by atoms with van der Waals surface area (Å²) in [5.74, 6) is 0. The van der Waals surface area contributed by atoms with Crippen LogP contribution in [-0.2, 0) is 13.0 Å². The summed E-state index contributed by atoms with van der Waals surface area (Å²) in [5, 5.41) is 3.35. The second-order valence-corrected chi connectivity index (χ2v) is 4.50. The second kappa shape index (κ2) is 14.8. The Morgan fingerprint density at radius 3 is 1.57 bits per heavy atom. The van der Waals surface area contributed by atoms with Crippen LogP contribution >= 0.6 is 0 Å². The van der Waals surface area contributed by atoms with Gasteiger partial charge in [-0.2, -0.15) is 0 Å². The van der Waals surface area contributed by atoms with Crippen LogP contribution in [0.15, 0.2) is 60.7 Å². The van der Waals surface area contributed by atoms with E-state index in [0.29, 0.717) is 0 Å². The number of hydrogen-bond acceptors (Lipinski definition) is 1. The summed E-state index contributed by atoms with van der Waals surface area (Å²) in [5.41, 5.74) is 2.77. The Balaban J connectivity index is 0.000000354. The fourth-order valence-electron chi connectivity index (χ4n) is 1.72. The van der Waals surface area contributed by atoms with E-state index in [0.717, 1.165) is 19.5 Å². The quantitative estimate of drug-likeness (QED) is 0.719. The Morgan fingerprint density at radius 2 is 1.19 bits per heavy atom. The van der Waals surface area contributed by atoms with Crippen LogP contribution in [0.2, 0.25) is 0 Å². The van der Waals surface area contributed by atoms with E-state index in [1.54, 1.807) is 0 Å². The normalized spacial score (nSPS) is 8.95. The van der Waals surface area contributed by atoms with Crippen LogP contribution < -0.4 is 5.32 Å². The fraction of sp³-hybridized carbons (Fsp3) is 0.400. The molecule has 0 aromatic heterocycles. The minimum absolute atomic E-state index is 0.995. The zero-order chi connectivity index (χ0) is 15.8. The molecule has 0 radical (unpaired) electrons. The minimum atomic E-state index is 0.995. The maximum atomic E-state index is 3.35. The highest BCUT2D eigenvalue weighted by Crippen LogP contribution is 1.97. The lowest BCUT2D eigenvalue weighted by Crippen LogP contribution is -2.13. The van der Waals surface area contributed by atoms with Crippen LogP contribution in [0.4, 0.5) is 0 Å². The van der Waals surface area contributed by atoms with Gasteiger partial charge >= 0.3 is 0 Å². The van der Waals surface area contributed by atoms with Crippen molar-refractivity contribution in [1.82, 2.24) is 5.32 Å². The van der Waals surface area contributed by atoms with Gasteiger partial charge in [0.15, 0.2) is 0 Å². The molecule has 0 fully saturated rings. The molecule has 1 heteroatoms. The Morgan fingerprint density at radius 1 is 0.714 bits per heavy atom. The molecule has 0 unspecified atom stereocenters. The van der Waals surface area contributed by atoms with Gasteiger partial charge in [0, 0.05) is 6.54 Å². The Kier molecular flexibility index (Phi) is 13.7. The summed E-state index contributed by atoms with van der Waals surface area (Å²) in [7, 11) is 0. The topological polar surface area (TPSA) is 12.0 Å². The average molecular weight is 285 g/mol. The van der Waals surface area contributed by atoms with Gasteiger partial charge in [-0.1, -0.05) is 88.4 Å². The first-order valence-corrected chi connectivity index (χ1v) is 8.15. The van der Waals surface area contributed by atoms with Crippen molar-refractivity contribution < 1.29 is 0 Å². The molecule has 0 amide bonds. The summed E-state index contributed by atoms with van der Waals surface area (Å²) in [6, 6.07) is 20.9. The smallest absolute Gasteiger partial charge is 0.0205 e. The van der Waals surface area contributed by atoms with Crippen LogP contribution in [0.3, 0.4) is 0 Å². The van der Waals surface area contributed by atoms with Crippen LogP contribution in [0.1, 0.15) is 45.2 Å². The third kappa shape index (κ3) is 10.8. The molecule has 2 aromatic rings. The molecule has 2 rings (SSSR count). The first-order valence-electron chi connectivity index (χ1n) is 8.15. The van der Waals surface area contributed by atoms with E-state index in [2.05, 4.69) is 67.7 Å². The van der Waals surface area contributed by atoms with E-state index in [-0.39, 0.29) is 0 Å². The molecule has 0 aliphatic carbocycles. The van der Waals surface area contributed by atoms with Crippen molar-refractivity contribution in [2.24, 2.45) is 0 Å². The predicted molar refractivity (Wildman–Crippen MR) is 95.6 cm³/mol. The lowest BCUT2D eigenvalue weighted by molar-refractivity contribution is 0.675. The van der Waals surface area contributed by atoms with Gasteiger partial charge < -0.3 is 5.32 Å². The van der Waals surface area contributed by atoms with Gasteiger partial charge in [-0.15, -0.1) is 0 Å². The summed E-state index contributed by atoms with van der Waals surface area (Å²) in [6.07, 6.45) is 2.34. The molecule has 116 valence electrons. The van der Waals surface area contributed by atoms with Crippen LogP contribution in [0.5, 0.6) is 0 Å². The van der Waals surface area contributed by atoms with Gasteiger partial charge in [-0.05, 0) is 30.5 Å². The number of nitrogens with one attached hydrogen (secondary N) is 1. The van der Waals surface area contributed by atoms with E-state index in [4.69, 9.17) is 0 Å². The maximum absolute atomic E-state index is 3.35. The molecule has 0 atom stereocenters. The fourth-order valence-corrected chi connectivity index (χ4v) is 1.72. The van der Waals surface area contributed by atoms with Crippen molar-refractivity contribution in [2.45, 2.75) is 47.1 Å². The summed E-state index contributed by atoms with van der Waals surface area (Å²) < 4.78 is 0. The largest absolute Gasteiger partial charge is 0.313 e. The van der Waals surface area contributed by atoms with Gasteiger partial charge in [0.25, 0.3) is 0 Å². The molecule has 1 nitrogen and oxygen atoms in total. The highest BCUT2D eigenvalue weighted by molar-refractivity contribution is 5.14. The van der Waals surface area contributed by atoms with Crippen LogP contribution in [0, 0.1) is 0 Å². The summed E-state index contributed by atoms with van der Waals surface area (Å²) in [4.78, 5) is 0. The third-order valence-corrected chi connectivity index (χ3v) is 2.85. The molecule has 1 N–H and O–H groups in total. The average Bonchev–Trinajstić information content (AvgIpc) is 2.59. The van der Waals surface area contributed by atoms with Crippen molar-refractivity contribution in [3.8, 4) is 0 Å². The molecule has 21 heavy (non-hydrogen) atoms. The van der Waals surface area contributed by atoms with Crippen molar-refractivity contribution in [3.05, 3.63) is 71.8 Å². The van der Waals surface area contributed by atoms with Gasteiger partial charge in [0.2, 0.25) is 0 Å². The van der Waals surface area contributed by atoms with E-state index >= 15 is 0 Å². The van der Waals surface area contributed by atoms with Crippen LogP contribution in [-0.4, -0.2) is 6.54 Å².